The van der Waals surface area contributed by atoms with Crippen molar-refractivity contribution >= 4 is 5.96 Å². The predicted octanol–water partition coefficient (Wildman–Crippen LogP) is 2.16. The summed E-state index contributed by atoms with van der Waals surface area (Å²) in [6.07, 6.45) is 3.32. The number of morpholine rings is 1. The Morgan fingerprint density at radius 1 is 1.12 bits per heavy atom. The molecule has 1 atom stereocenters. The van der Waals surface area contributed by atoms with Gasteiger partial charge in [-0.25, -0.2) is 0 Å². The summed E-state index contributed by atoms with van der Waals surface area (Å²) in [5, 5.41) is 3.49. The Labute approximate surface area is 158 Å². The van der Waals surface area contributed by atoms with Crippen LogP contribution in [-0.2, 0) is 17.6 Å². The lowest BCUT2D eigenvalue weighted by Gasteiger charge is -2.32. The second kappa shape index (κ2) is 9.93. The standard InChI is InChI=1S/C21H34N4O/c1-3-18-5-7-19(8-6-18)9-11-23-21(22-4-2)25-12-10-20(17-25)24-13-15-26-16-14-24/h5-8,20H,3-4,9-17H2,1-2H3,(H,22,23). The van der Waals surface area contributed by atoms with Crippen LogP contribution in [0.25, 0.3) is 0 Å². The van der Waals surface area contributed by atoms with Crippen LogP contribution in [0.15, 0.2) is 29.3 Å². The Bertz CT molecular complexity index is 566. The van der Waals surface area contributed by atoms with Gasteiger partial charge in [-0.3, -0.25) is 9.89 Å². The zero-order chi connectivity index (χ0) is 18.2. The van der Waals surface area contributed by atoms with Gasteiger partial charge in [0.25, 0.3) is 0 Å². The summed E-state index contributed by atoms with van der Waals surface area (Å²) in [6, 6.07) is 9.59. The lowest BCUT2D eigenvalue weighted by atomic mass is 10.1. The summed E-state index contributed by atoms with van der Waals surface area (Å²) >= 11 is 0. The minimum atomic E-state index is 0.643. The number of nitrogens with zero attached hydrogens (tertiary/aromatic N) is 3. The number of hydrogen-bond donors (Lipinski definition) is 1. The maximum atomic E-state index is 5.49. The molecule has 1 aromatic rings. The largest absolute Gasteiger partial charge is 0.379 e. The molecule has 0 bridgehead atoms. The van der Waals surface area contributed by atoms with Crippen molar-refractivity contribution in [3.8, 4) is 0 Å². The number of aryl methyl sites for hydroxylation is 1. The normalized spacial score (nSPS) is 22.0. The van der Waals surface area contributed by atoms with E-state index in [2.05, 4.69) is 53.2 Å². The minimum Gasteiger partial charge on any atom is -0.379 e. The van der Waals surface area contributed by atoms with E-state index in [-0.39, 0.29) is 0 Å². The van der Waals surface area contributed by atoms with Crippen molar-refractivity contribution < 1.29 is 4.74 Å². The summed E-state index contributed by atoms with van der Waals surface area (Å²) in [5.41, 5.74) is 2.77. The highest BCUT2D eigenvalue weighted by Crippen LogP contribution is 2.17. The number of aliphatic imine (C=N–C) groups is 1. The number of benzene rings is 1. The second-order valence-electron chi connectivity index (χ2n) is 7.19. The number of guanidine groups is 1. The van der Waals surface area contributed by atoms with E-state index in [4.69, 9.17) is 9.73 Å². The molecule has 2 aliphatic rings. The molecule has 2 aliphatic heterocycles. The van der Waals surface area contributed by atoms with Gasteiger partial charge in [-0.05, 0) is 37.3 Å². The first kappa shape index (κ1) is 19.2. The Balaban J connectivity index is 1.53. The molecule has 0 spiro atoms. The van der Waals surface area contributed by atoms with Gasteiger partial charge in [0.05, 0.1) is 13.2 Å². The Morgan fingerprint density at radius 2 is 1.85 bits per heavy atom. The summed E-state index contributed by atoms with van der Waals surface area (Å²) in [5.74, 6) is 1.08. The minimum absolute atomic E-state index is 0.643. The fourth-order valence-corrected chi connectivity index (χ4v) is 3.83. The molecule has 5 heteroatoms. The molecular weight excluding hydrogens is 324 g/mol. The van der Waals surface area contributed by atoms with Crippen LogP contribution in [0.2, 0.25) is 0 Å². The van der Waals surface area contributed by atoms with Crippen LogP contribution < -0.4 is 5.32 Å². The number of rotatable bonds is 6. The first-order valence-corrected chi connectivity index (χ1v) is 10.2. The summed E-state index contributed by atoms with van der Waals surface area (Å²) in [4.78, 5) is 9.92. The number of hydrogen-bond acceptors (Lipinski definition) is 3. The maximum absolute atomic E-state index is 5.49. The quantitative estimate of drug-likeness (QED) is 0.625. The van der Waals surface area contributed by atoms with Gasteiger partial charge in [0.15, 0.2) is 5.96 Å². The van der Waals surface area contributed by atoms with Crippen molar-refractivity contribution in [3.63, 3.8) is 0 Å². The van der Waals surface area contributed by atoms with Crippen molar-refractivity contribution in [1.82, 2.24) is 15.1 Å². The van der Waals surface area contributed by atoms with E-state index >= 15 is 0 Å². The Morgan fingerprint density at radius 3 is 2.54 bits per heavy atom. The van der Waals surface area contributed by atoms with Crippen molar-refractivity contribution in [2.24, 2.45) is 4.99 Å². The SMILES string of the molecule is CCNC(=NCCc1ccc(CC)cc1)N1CCC(N2CCOCC2)C1. The van der Waals surface area contributed by atoms with Gasteiger partial charge in [0.1, 0.15) is 0 Å². The van der Waals surface area contributed by atoms with Crippen LogP contribution in [-0.4, -0.2) is 74.3 Å². The topological polar surface area (TPSA) is 40.1 Å². The highest BCUT2D eigenvalue weighted by atomic mass is 16.5. The second-order valence-corrected chi connectivity index (χ2v) is 7.19. The molecule has 0 aliphatic carbocycles. The fraction of sp³-hybridized carbons (Fsp3) is 0.667. The molecule has 2 heterocycles. The predicted molar refractivity (Wildman–Crippen MR) is 108 cm³/mol. The number of nitrogens with one attached hydrogen (secondary N) is 1. The van der Waals surface area contributed by atoms with Crippen LogP contribution in [0.4, 0.5) is 0 Å². The molecule has 26 heavy (non-hydrogen) atoms. The molecule has 2 fully saturated rings. The molecule has 2 saturated heterocycles. The van der Waals surface area contributed by atoms with Gasteiger partial charge in [0, 0.05) is 45.3 Å². The third-order valence-electron chi connectivity index (χ3n) is 5.45. The van der Waals surface area contributed by atoms with E-state index in [1.54, 1.807) is 0 Å². The third-order valence-corrected chi connectivity index (χ3v) is 5.45. The summed E-state index contributed by atoms with van der Waals surface area (Å²) in [6.45, 7) is 12.2. The smallest absolute Gasteiger partial charge is 0.193 e. The van der Waals surface area contributed by atoms with Crippen LogP contribution in [0.3, 0.4) is 0 Å². The van der Waals surface area contributed by atoms with Crippen LogP contribution in [0, 0.1) is 0 Å². The molecular formula is C21H34N4O. The monoisotopic (exact) mass is 358 g/mol. The van der Waals surface area contributed by atoms with Crippen LogP contribution >= 0.6 is 0 Å². The first-order valence-electron chi connectivity index (χ1n) is 10.2. The van der Waals surface area contributed by atoms with E-state index in [9.17, 15) is 0 Å². The van der Waals surface area contributed by atoms with Crippen LogP contribution in [0.1, 0.15) is 31.4 Å². The Kier molecular flexibility index (Phi) is 7.32. The van der Waals surface area contributed by atoms with Crippen molar-refractivity contribution in [1.29, 1.82) is 0 Å². The van der Waals surface area contributed by atoms with Crippen molar-refractivity contribution in [3.05, 3.63) is 35.4 Å². The third kappa shape index (κ3) is 5.21. The van der Waals surface area contributed by atoms with Gasteiger partial charge in [0.2, 0.25) is 0 Å². The van der Waals surface area contributed by atoms with Crippen molar-refractivity contribution in [2.45, 2.75) is 39.2 Å². The van der Waals surface area contributed by atoms with E-state index in [1.165, 1.54) is 17.5 Å². The summed E-state index contributed by atoms with van der Waals surface area (Å²) < 4.78 is 5.49. The molecule has 0 aromatic heterocycles. The highest BCUT2D eigenvalue weighted by Gasteiger charge is 2.30. The molecule has 0 amide bonds. The average Bonchev–Trinajstić information content (AvgIpc) is 3.19. The molecule has 1 N–H and O–H groups in total. The number of ether oxygens (including phenoxy) is 1. The van der Waals surface area contributed by atoms with Crippen molar-refractivity contribution in [2.75, 3.05) is 52.5 Å². The molecule has 3 rings (SSSR count). The fourth-order valence-electron chi connectivity index (χ4n) is 3.83. The van der Waals surface area contributed by atoms with Gasteiger partial charge in [-0.2, -0.15) is 0 Å². The van der Waals surface area contributed by atoms with Gasteiger partial charge in [-0.1, -0.05) is 31.2 Å². The molecule has 144 valence electrons. The van der Waals surface area contributed by atoms with E-state index < -0.39 is 0 Å². The van der Waals surface area contributed by atoms with E-state index in [1.807, 2.05) is 0 Å². The average molecular weight is 359 g/mol. The first-order chi connectivity index (χ1) is 12.8. The molecule has 5 nitrogen and oxygen atoms in total. The zero-order valence-corrected chi connectivity index (χ0v) is 16.4. The highest BCUT2D eigenvalue weighted by molar-refractivity contribution is 5.80. The van der Waals surface area contributed by atoms with Gasteiger partial charge >= 0.3 is 0 Å². The van der Waals surface area contributed by atoms with Crippen LogP contribution in [0.5, 0.6) is 0 Å². The number of likely N-dealkylation sites (tertiary alicyclic amines) is 1. The van der Waals surface area contributed by atoms with E-state index in [0.717, 1.165) is 71.3 Å². The van der Waals surface area contributed by atoms with Gasteiger partial charge in [-0.15, -0.1) is 0 Å². The lowest BCUT2D eigenvalue weighted by Crippen LogP contribution is -2.46. The zero-order valence-electron chi connectivity index (χ0n) is 16.4. The van der Waals surface area contributed by atoms with Gasteiger partial charge < -0.3 is 15.0 Å². The maximum Gasteiger partial charge on any atom is 0.193 e. The van der Waals surface area contributed by atoms with E-state index in [0.29, 0.717) is 6.04 Å². The molecule has 1 aromatic carbocycles. The molecule has 1 unspecified atom stereocenters. The summed E-state index contributed by atoms with van der Waals surface area (Å²) in [7, 11) is 0. The lowest BCUT2D eigenvalue weighted by molar-refractivity contribution is 0.0195. The molecule has 0 radical (unpaired) electrons. The molecule has 0 saturated carbocycles. The Hall–Kier alpha value is -1.59.